The molecule has 6 nitrogen and oxygen atoms in total. The molecule has 0 aliphatic heterocycles. The number of amides is 1. The zero-order chi connectivity index (χ0) is 19.2. The van der Waals surface area contributed by atoms with Crippen molar-refractivity contribution in [2.24, 2.45) is 0 Å². The van der Waals surface area contributed by atoms with Gasteiger partial charge < -0.3 is 14.9 Å². The van der Waals surface area contributed by atoms with Crippen LogP contribution in [-0.2, 0) is 6.61 Å². The van der Waals surface area contributed by atoms with Gasteiger partial charge in [0.2, 0.25) is 0 Å². The van der Waals surface area contributed by atoms with Gasteiger partial charge in [0.05, 0.1) is 12.8 Å². The van der Waals surface area contributed by atoms with Gasteiger partial charge in [-0.3, -0.25) is 9.59 Å². The number of para-hydroxylation sites is 2. The van der Waals surface area contributed by atoms with Crippen LogP contribution in [0, 0.1) is 0 Å². The van der Waals surface area contributed by atoms with Crippen LogP contribution in [0.2, 0.25) is 5.02 Å². The summed E-state index contributed by atoms with van der Waals surface area (Å²) in [4.78, 5) is 30.6. The largest absolute Gasteiger partial charge is 0.495 e. The molecule has 0 radical (unpaired) electrons. The number of rotatable bonds is 6. The molecule has 0 bridgehead atoms. The van der Waals surface area contributed by atoms with E-state index in [1.807, 2.05) is 6.07 Å². The summed E-state index contributed by atoms with van der Waals surface area (Å²) in [6, 6.07) is 17.1. The Morgan fingerprint density at radius 1 is 1.07 bits per heavy atom. The number of hydrogen-bond acceptors (Lipinski definition) is 4. The summed E-state index contributed by atoms with van der Waals surface area (Å²) in [6.07, 6.45) is 1.44. The van der Waals surface area contributed by atoms with Crippen LogP contribution in [0.15, 0.2) is 71.7 Å². The summed E-state index contributed by atoms with van der Waals surface area (Å²) in [5, 5.41) is 3.21. The van der Waals surface area contributed by atoms with Gasteiger partial charge in [-0.05, 0) is 30.3 Å². The van der Waals surface area contributed by atoms with Crippen molar-refractivity contribution in [3.05, 3.63) is 93.4 Å². The number of aromatic nitrogens is 1. The lowest BCUT2D eigenvalue weighted by molar-refractivity contribution is 0.0864. The van der Waals surface area contributed by atoms with E-state index < -0.39 is 11.5 Å². The summed E-state index contributed by atoms with van der Waals surface area (Å²) < 4.78 is 6.21. The molecule has 1 N–H and O–H groups in total. The summed E-state index contributed by atoms with van der Waals surface area (Å²) in [6.45, 7) is 0.0944. The van der Waals surface area contributed by atoms with Crippen molar-refractivity contribution in [3.8, 4) is 5.75 Å². The van der Waals surface area contributed by atoms with Gasteiger partial charge in [0.15, 0.2) is 0 Å². The number of benzene rings is 2. The number of nitrogens with zero attached hydrogens (tertiary/aromatic N) is 1. The second kappa shape index (κ2) is 8.42. The monoisotopic (exact) mass is 384 g/mol. The second-order valence-electron chi connectivity index (χ2n) is 5.57. The van der Waals surface area contributed by atoms with Crippen molar-refractivity contribution in [1.82, 2.24) is 4.73 Å². The maximum Gasteiger partial charge on any atom is 0.295 e. The number of pyridine rings is 1. The van der Waals surface area contributed by atoms with Gasteiger partial charge in [-0.15, -0.1) is 0 Å². The third-order valence-corrected chi connectivity index (χ3v) is 4.20. The van der Waals surface area contributed by atoms with Crippen molar-refractivity contribution < 1.29 is 14.4 Å². The molecule has 2 aromatic carbocycles. The Hall–Kier alpha value is -3.25. The van der Waals surface area contributed by atoms with Gasteiger partial charge in [0, 0.05) is 16.8 Å². The lowest BCUT2D eigenvalue weighted by Crippen LogP contribution is -2.32. The van der Waals surface area contributed by atoms with Crippen LogP contribution in [-0.4, -0.2) is 17.7 Å². The first-order valence-electron chi connectivity index (χ1n) is 8.13. The Morgan fingerprint density at radius 3 is 2.59 bits per heavy atom. The maximum atomic E-state index is 12.6. The van der Waals surface area contributed by atoms with Crippen molar-refractivity contribution >= 4 is 23.2 Å². The minimum Gasteiger partial charge on any atom is -0.495 e. The molecular formula is C20H17ClN2O4. The average molecular weight is 385 g/mol. The van der Waals surface area contributed by atoms with E-state index in [9.17, 15) is 9.59 Å². The quantitative estimate of drug-likeness (QED) is 0.707. The van der Waals surface area contributed by atoms with E-state index in [0.717, 1.165) is 10.3 Å². The molecule has 1 aromatic heterocycles. The highest BCUT2D eigenvalue weighted by Crippen LogP contribution is 2.23. The molecule has 1 amide bonds. The third-order valence-electron chi connectivity index (χ3n) is 3.83. The summed E-state index contributed by atoms with van der Waals surface area (Å²) in [5.74, 6) is -0.0581. The zero-order valence-electron chi connectivity index (χ0n) is 14.5. The molecule has 27 heavy (non-hydrogen) atoms. The first-order chi connectivity index (χ1) is 13.1. The minimum absolute atomic E-state index is 0.0532. The van der Waals surface area contributed by atoms with E-state index in [2.05, 4.69) is 5.32 Å². The maximum absolute atomic E-state index is 12.6. The van der Waals surface area contributed by atoms with Crippen LogP contribution in [0.25, 0.3) is 0 Å². The van der Waals surface area contributed by atoms with Crippen LogP contribution in [0.4, 0.5) is 5.69 Å². The molecule has 0 spiro atoms. The lowest BCUT2D eigenvalue weighted by atomic mass is 10.2. The third kappa shape index (κ3) is 4.30. The molecule has 0 aliphatic rings. The number of hydrogen-bond donors (Lipinski definition) is 1. The number of methoxy groups -OCH3 is 1. The Labute approximate surface area is 160 Å². The summed E-state index contributed by atoms with van der Waals surface area (Å²) in [5.41, 5.74) is 0.575. The molecular weight excluding hydrogens is 368 g/mol. The van der Waals surface area contributed by atoms with Crippen LogP contribution in [0.3, 0.4) is 0 Å². The summed E-state index contributed by atoms with van der Waals surface area (Å²) in [7, 11) is 1.50. The number of ether oxygens (including phenoxy) is 1. The van der Waals surface area contributed by atoms with Crippen LogP contribution >= 0.6 is 11.6 Å². The lowest BCUT2D eigenvalue weighted by Gasteiger charge is -2.12. The molecule has 0 fully saturated rings. The molecule has 0 atom stereocenters. The van der Waals surface area contributed by atoms with Gasteiger partial charge in [-0.2, -0.15) is 4.73 Å². The standard InChI is InChI=1S/C20H17ClN2O4/c1-26-18-11-5-4-10-17(18)22-19(24)15-8-6-12-23(20(15)25)27-13-14-7-2-3-9-16(14)21/h2-12H,13H2,1H3,(H,22,24). The molecule has 138 valence electrons. The first-order valence-corrected chi connectivity index (χ1v) is 8.50. The number of carbonyl (C=O) groups excluding carboxylic acids is 1. The molecule has 0 saturated carbocycles. The highest BCUT2D eigenvalue weighted by Gasteiger charge is 2.15. The number of anilines is 1. The smallest absolute Gasteiger partial charge is 0.295 e. The number of carbonyl (C=O) groups is 1. The topological polar surface area (TPSA) is 69.6 Å². The fourth-order valence-corrected chi connectivity index (χ4v) is 2.63. The Balaban J connectivity index is 1.79. The molecule has 1 heterocycles. The van der Waals surface area contributed by atoms with E-state index in [4.69, 9.17) is 21.2 Å². The van der Waals surface area contributed by atoms with Crippen molar-refractivity contribution in [3.63, 3.8) is 0 Å². The second-order valence-corrected chi connectivity index (χ2v) is 5.98. The predicted molar refractivity (Wildman–Crippen MR) is 103 cm³/mol. The van der Waals surface area contributed by atoms with Crippen LogP contribution in [0.5, 0.6) is 5.75 Å². The van der Waals surface area contributed by atoms with Crippen molar-refractivity contribution in [1.29, 1.82) is 0 Å². The van der Waals surface area contributed by atoms with E-state index in [-0.39, 0.29) is 12.2 Å². The Kier molecular flexibility index (Phi) is 5.78. The molecule has 0 unspecified atom stereocenters. The Morgan fingerprint density at radius 2 is 1.81 bits per heavy atom. The molecule has 3 aromatic rings. The summed E-state index contributed by atoms with van der Waals surface area (Å²) >= 11 is 6.09. The van der Waals surface area contributed by atoms with E-state index in [1.165, 1.54) is 19.4 Å². The predicted octanol–water partition coefficient (Wildman–Crippen LogP) is 3.39. The number of halogens is 1. The van der Waals surface area contributed by atoms with Gasteiger partial charge in [-0.1, -0.05) is 41.9 Å². The van der Waals surface area contributed by atoms with Gasteiger partial charge in [0.25, 0.3) is 11.5 Å². The highest BCUT2D eigenvalue weighted by atomic mass is 35.5. The van der Waals surface area contributed by atoms with E-state index in [0.29, 0.717) is 16.5 Å². The fourth-order valence-electron chi connectivity index (χ4n) is 2.44. The van der Waals surface area contributed by atoms with Crippen molar-refractivity contribution in [2.45, 2.75) is 6.61 Å². The SMILES string of the molecule is COc1ccccc1NC(=O)c1cccn(OCc2ccccc2Cl)c1=O. The highest BCUT2D eigenvalue weighted by molar-refractivity contribution is 6.31. The average Bonchev–Trinajstić information content (AvgIpc) is 2.68. The number of nitrogens with one attached hydrogen (secondary N) is 1. The van der Waals surface area contributed by atoms with Crippen molar-refractivity contribution in [2.75, 3.05) is 12.4 Å². The molecule has 0 aliphatic carbocycles. The fraction of sp³-hybridized carbons (Fsp3) is 0.100. The van der Waals surface area contributed by atoms with Crippen LogP contribution in [0.1, 0.15) is 15.9 Å². The van der Waals surface area contributed by atoms with E-state index >= 15 is 0 Å². The minimum atomic E-state index is -0.572. The molecule has 7 heteroatoms. The zero-order valence-corrected chi connectivity index (χ0v) is 15.3. The normalized spacial score (nSPS) is 10.3. The van der Waals surface area contributed by atoms with E-state index in [1.54, 1.807) is 48.5 Å². The Bertz CT molecular complexity index is 1020. The molecule has 0 saturated heterocycles. The van der Waals surface area contributed by atoms with Gasteiger partial charge in [0.1, 0.15) is 17.9 Å². The van der Waals surface area contributed by atoms with Gasteiger partial charge in [-0.25, -0.2) is 0 Å². The van der Waals surface area contributed by atoms with Gasteiger partial charge >= 0.3 is 0 Å². The van der Waals surface area contributed by atoms with Crippen LogP contribution < -0.4 is 20.5 Å². The first kappa shape index (κ1) is 18.5. The molecule has 3 rings (SSSR count).